The molecule has 2 fully saturated rings. The molecule has 0 spiro atoms. The fourth-order valence-corrected chi connectivity index (χ4v) is 3.38. The third-order valence-corrected chi connectivity index (χ3v) is 4.42. The SMILES string of the molecule is CCC[C@@H]1C(=O)O[C@@H]2CCN(C(=O)OCc3ccccc3)[C@@H]12. The lowest BCUT2D eigenvalue weighted by atomic mass is 9.94. The maximum Gasteiger partial charge on any atom is 0.410 e. The number of hydrogen-bond donors (Lipinski definition) is 0. The van der Waals surface area contributed by atoms with E-state index in [0.717, 1.165) is 18.4 Å². The van der Waals surface area contributed by atoms with Crippen LogP contribution in [0.5, 0.6) is 0 Å². The molecule has 1 aromatic carbocycles. The van der Waals surface area contributed by atoms with Gasteiger partial charge in [0.2, 0.25) is 0 Å². The second-order valence-corrected chi connectivity index (χ2v) is 5.88. The summed E-state index contributed by atoms with van der Waals surface area (Å²) in [6.07, 6.45) is 1.85. The van der Waals surface area contributed by atoms with Crippen LogP contribution in [0.4, 0.5) is 4.79 Å². The molecule has 3 rings (SSSR count). The Labute approximate surface area is 130 Å². The zero-order valence-corrected chi connectivity index (χ0v) is 12.7. The molecule has 0 aromatic heterocycles. The van der Waals surface area contributed by atoms with Gasteiger partial charge in [-0.25, -0.2) is 4.79 Å². The van der Waals surface area contributed by atoms with Crippen LogP contribution in [-0.4, -0.2) is 35.7 Å². The number of carbonyl (C=O) groups excluding carboxylic acids is 2. The Bertz CT molecular complexity index is 545. The minimum absolute atomic E-state index is 0.157. The van der Waals surface area contributed by atoms with E-state index in [1.54, 1.807) is 4.90 Å². The van der Waals surface area contributed by atoms with Gasteiger partial charge < -0.3 is 14.4 Å². The summed E-state index contributed by atoms with van der Waals surface area (Å²) in [6.45, 7) is 2.88. The van der Waals surface area contributed by atoms with Crippen LogP contribution in [0, 0.1) is 5.92 Å². The van der Waals surface area contributed by atoms with Crippen molar-refractivity contribution in [3.8, 4) is 0 Å². The van der Waals surface area contributed by atoms with E-state index in [4.69, 9.17) is 9.47 Å². The average Bonchev–Trinajstić information content (AvgIpc) is 3.06. The minimum atomic E-state index is -0.351. The molecular formula is C17H21NO4. The normalized spacial score (nSPS) is 26.7. The highest BCUT2D eigenvalue weighted by Gasteiger charge is 2.52. The third-order valence-electron chi connectivity index (χ3n) is 4.42. The highest BCUT2D eigenvalue weighted by molar-refractivity contribution is 5.78. The van der Waals surface area contributed by atoms with Crippen molar-refractivity contribution in [1.82, 2.24) is 4.90 Å². The average molecular weight is 303 g/mol. The Morgan fingerprint density at radius 3 is 2.86 bits per heavy atom. The molecule has 1 amide bonds. The molecule has 22 heavy (non-hydrogen) atoms. The van der Waals surface area contributed by atoms with E-state index in [9.17, 15) is 9.59 Å². The van der Waals surface area contributed by atoms with Crippen LogP contribution in [0.2, 0.25) is 0 Å². The molecule has 1 aromatic rings. The van der Waals surface area contributed by atoms with Gasteiger partial charge in [-0.2, -0.15) is 0 Å². The Morgan fingerprint density at radius 1 is 1.36 bits per heavy atom. The molecule has 2 aliphatic rings. The molecule has 2 saturated heterocycles. The van der Waals surface area contributed by atoms with Crippen LogP contribution in [0.1, 0.15) is 31.7 Å². The van der Waals surface area contributed by atoms with Crippen molar-refractivity contribution in [2.45, 2.75) is 44.9 Å². The number of hydrogen-bond acceptors (Lipinski definition) is 4. The largest absolute Gasteiger partial charge is 0.460 e. The van der Waals surface area contributed by atoms with E-state index in [2.05, 4.69) is 0 Å². The molecule has 0 unspecified atom stereocenters. The highest BCUT2D eigenvalue weighted by Crippen LogP contribution is 2.36. The summed E-state index contributed by atoms with van der Waals surface area (Å²) in [5.41, 5.74) is 0.954. The van der Waals surface area contributed by atoms with E-state index in [1.807, 2.05) is 37.3 Å². The first-order valence-corrected chi connectivity index (χ1v) is 7.88. The number of nitrogens with zero attached hydrogens (tertiary/aromatic N) is 1. The van der Waals surface area contributed by atoms with Gasteiger partial charge in [0.15, 0.2) is 0 Å². The summed E-state index contributed by atoms with van der Waals surface area (Å²) in [5, 5.41) is 0. The lowest BCUT2D eigenvalue weighted by molar-refractivity contribution is -0.144. The van der Waals surface area contributed by atoms with Gasteiger partial charge in [0.1, 0.15) is 12.7 Å². The number of rotatable bonds is 4. The first-order chi connectivity index (χ1) is 10.7. The van der Waals surface area contributed by atoms with Crippen molar-refractivity contribution >= 4 is 12.1 Å². The topological polar surface area (TPSA) is 55.8 Å². The molecule has 0 saturated carbocycles. The van der Waals surface area contributed by atoms with E-state index in [1.165, 1.54) is 0 Å². The smallest absolute Gasteiger partial charge is 0.410 e. The van der Waals surface area contributed by atoms with Crippen molar-refractivity contribution in [1.29, 1.82) is 0 Å². The molecular weight excluding hydrogens is 282 g/mol. The van der Waals surface area contributed by atoms with Gasteiger partial charge in [0.25, 0.3) is 0 Å². The molecule has 0 radical (unpaired) electrons. The number of fused-ring (bicyclic) bond motifs is 1. The molecule has 5 nitrogen and oxygen atoms in total. The predicted molar refractivity (Wildman–Crippen MR) is 80.0 cm³/mol. The van der Waals surface area contributed by atoms with Crippen molar-refractivity contribution < 1.29 is 19.1 Å². The van der Waals surface area contributed by atoms with E-state index >= 15 is 0 Å². The number of ether oxygens (including phenoxy) is 2. The Morgan fingerprint density at radius 2 is 2.14 bits per heavy atom. The second-order valence-electron chi connectivity index (χ2n) is 5.88. The number of amides is 1. The standard InChI is InChI=1S/C17H21NO4/c1-2-6-13-15-14(22-16(13)19)9-10-18(15)17(20)21-11-12-7-4-3-5-8-12/h3-5,7-8,13-15H,2,6,9-11H2,1H3/t13-,14+,15-/m0/s1. The Hall–Kier alpha value is -2.04. The van der Waals surface area contributed by atoms with Crippen LogP contribution in [0.3, 0.4) is 0 Å². The Kier molecular flexibility index (Phi) is 4.32. The van der Waals surface area contributed by atoms with Crippen LogP contribution in [0.15, 0.2) is 30.3 Å². The molecule has 118 valence electrons. The van der Waals surface area contributed by atoms with E-state index < -0.39 is 0 Å². The molecule has 3 atom stereocenters. The van der Waals surface area contributed by atoms with Crippen LogP contribution in [-0.2, 0) is 20.9 Å². The first kappa shape index (κ1) is 14.9. The summed E-state index contributed by atoms with van der Waals surface area (Å²) < 4.78 is 10.8. The molecule has 2 aliphatic heterocycles. The molecule has 0 aliphatic carbocycles. The highest BCUT2D eigenvalue weighted by atomic mass is 16.6. The van der Waals surface area contributed by atoms with Gasteiger partial charge in [-0.1, -0.05) is 43.7 Å². The van der Waals surface area contributed by atoms with Crippen LogP contribution in [0.25, 0.3) is 0 Å². The van der Waals surface area contributed by atoms with Gasteiger partial charge in [-0.05, 0) is 12.0 Å². The van der Waals surface area contributed by atoms with Crippen LogP contribution >= 0.6 is 0 Å². The van der Waals surface area contributed by atoms with Gasteiger partial charge in [-0.15, -0.1) is 0 Å². The lowest BCUT2D eigenvalue weighted by Gasteiger charge is -2.25. The third kappa shape index (κ3) is 2.80. The second kappa shape index (κ2) is 6.38. The predicted octanol–water partition coefficient (Wildman–Crippen LogP) is 2.74. The Balaban J connectivity index is 1.64. The molecule has 0 bridgehead atoms. The van der Waals surface area contributed by atoms with Gasteiger partial charge >= 0.3 is 12.1 Å². The summed E-state index contributed by atoms with van der Waals surface area (Å²) in [5.74, 6) is -0.376. The number of likely N-dealkylation sites (tertiary alicyclic amines) is 1. The first-order valence-electron chi connectivity index (χ1n) is 7.88. The summed E-state index contributed by atoms with van der Waals surface area (Å²) in [6, 6.07) is 9.43. The number of esters is 1. The van der Waals surface area contributed by atoms with Crippen molar-refractivity contribution in [2.75, 3.05) is 6.54 Å². The van der Waals surface area contributed by atoms with Crippen molar-refractivity contribution in [2.24, 2.45) is 5.92 Å². The molecule has 5 heteroatoms. The van der Waals surface area contributed by atoms with Crippen LogP contribution < -0.4 is 0 Å². The number of carbonyl (C=O) groups is 2. The van der Waals surface area contributed by atoms with Gasteiger partial charge in [0, 0.05) is 13.0 Å². The lowest BCUT2D eigenvalue weighted by Crippen LogP contribution is -2.42. The fourth-order valence-electron chi connectivity index (χ4n) is 3.38. The van der Waals surface area contributed by atoms with Gasteiger partial charge in [-0.3, -0.25) is 4.79 Å². The zero-order chi connectivity index (χ0) is 15.5. The fraction of sp³-hybridized carbons (Fsp3) is 0.529. The van der Waals surface area contributed by atoms with E-state index in [0.29, 0.717) is 13.0 Å². The quantitative estimate of drug-likeness (QED) is 0.803. The summed E-state index contributed by atoms with van der Waals surface area (Å²) in [7, 11) is 0. The monoisotopic (exact) mass is 303 g/mol. The summed E-state index contributed by atoms with van der Waals surface area (Å²) >= 11 is 0. The summed E-state index contributed by atoms with van der Waals surface area (Å²) in [4.78, 5) is 26.0. The number of benzene rings is 1. The molecule has 2 heterocycles. The van der Waals surface area contributed by atoms with Gasteiger partial charge in [0.05, 0.1) is 12.0 Å². The maximum absolute atomic E-state index is 12.4. The van der Waals surface area contributed by atoms with Crippen molar-refractivity contribution in [3.63, 3.8) is 0 Å². The van der Waals surface area contributed by atoms with Crippen molar-refractivity contribution in [3.05, 3.63) is 35.9 Å². The van der Waals surface area contributed by atoms with E-state index in [-0.39, 0.29) is 36.7 Å². The molecule has 0 N–H and O–H groups in total. The zero-order valence-electron chi connectivity index (χ0n) is 12.7. The minimum Gasteiger partial charge on any atom is -0.460 e. The maximum atomic E-state index is 12.4.